The summed E-state index contributed by atoms with van der Waals surface area (Å²) in [5.74, 6) is -2.21. The number of aliphatic hydroxyl groups excluding tert-OH is 5. The highest BCUT2D eigenvalue weighted by Gasteiger charge is 2.73. The van der Waals surface area contributed by atoms with Crippen molar-refractivity contribution in [2.75, 3.05) is 20.3 Å². The Hall–Kier alpha value is -1.01. The lowest BCUT2D eigenvalue weighted by Gasteiger charge is -2.64. The standard InChI is InChI=1S/C34H56O13S/c1-17(2)19(15-35)8-7-18(3)25-27(39)28(47-48(41,42)43)30-33(25,5)12-10-24-32(4)11-9-20(13-21(32)22(36)14-34(24,30)40)46-31-29(44-6)26(38)23(37)16-45-31/h7-8,13,17-20,22-31,35-40H,9-12,14-16H2,1-6H3,(H,41,42,43)/b8-7+/t18-,19-,20+,22-,23-,24-,25+,26-,27-,28+,29+,30+,31+,32+,33-,34+/m1/s1. The maximum Gasteiger partial charge on any atom is 0.397 e. The van der Waals surface area contributed by atoms with Gasteiger partial charge in [-0.15, -0.1) is 0 Å². The van der Waals surface area contributed by atoms with Gasteiger partial charge in [0.25, 0.3) is 0 Å². The Bertz CT molecular complexity index is 1320. The molecule has 0 spiro atoms. The molecule has 0 radical (unpaired) electrons. The summed E-state index contributed by atoms with van der Waals surface area (Å²) in [5, 5.41) is 66.7. The van der Waals surface area contributed by atoms with Gasteiger partial charge in [0, 0.05) is 32.0 Å². The van der Waals surface area contributed by atoms with E-state index < -0.39 is 93.6 Å². The van der Waals surface area contributed by atoms with Crippen LogP contribution in [-0.4, -0.2) is 119 Å². The minimum atomic E-state index is -5.03. The maximum absolute atomic E-state index is 12.8. The van der Waals surface area contributed by atoms with E-state index in [0.29, 0.717) is 31.3 Å². The van der Waals surface area contributed by atoms with Crippen LogP contribution in [-0.2, 0) is 28.8 Å². The van der Waals surface area contributed by atoms with Gasteiger partial charge in [-0.2, -0.15) is 8.42 Å². The average Bonchev–Trinajstić information content (AvgIpc) is 3.20. The Labute approximate surface area is 283 Å². The Morgan fingerprint density at radius 3 is 2.33 bits per heavy atom. The third-order valence-electron chi connectivity index (χ3n) is 12.8. The number of fused-ring (bicyclic) bond motifs is 5. The molecule has 1 aliphatic heterocycles. The first-order valence-corrected chi connectivity index (χ1v) is 18.6. The SMILES string of the molecule is CO[C@@H]1[C@H](O[C@@H]2C=C3[C@H](O)C[C@@]4(O)[C@H]5[C@@H](OS(=O)(=O)O)[C@H](O)[C@H]([C@H](C)/C=C/[C@H](CO)C(C)C)[C@@]5(C)CC[C@@H]4[C@@]3(C)CC2)OC[C@@H](O)[C@H]1O. The average molecular weight is 705 g/mol. The summed E-state index contributed by atoms with van der Waals surface area (Å²) in [6, 6.07) is 0. The molecule has 0 aromatic rings. The van der Waals surface area contributed by atoms with Gasteiger partial charge in [0.05, 0.1) is 30.5 Å². The van der Waals surface area contributed by atoms with Crippen LogP contribution in [0.25, 0.3) is 0 Å². The van der Waals surface area contributed by atoms with Crippen molar-refractivity contribution in [3.63, 3.8) is 0 Å². The number of rotatable bonds is 10. The molecule has 13 nitrogen and oxygen atoms in total. The maximum atomic E-state index is 12.8. The molecular weight excluding hydrogens is 648 g/mol. The van der Waals surface area contributed by atoms with Crippen molar-refractivity contribution in [3.05, 3.63) is 23.8 Å². The molecule has 48 heavy (non-hydrogen) atoms. The zero-order valence-corrected chi connectivity index (χ0v) is 29.6. The number of hydrogen-bond donors (Lipinski definition) is 7. The molecule has 4 aliphatic carbocycles. The van der Waals surface area contributed by atoms with Crippen molar-refractivity contribution in [1.29, 1.82) is 0 Å². The van der Waals surface area contributed by atoms with Crippen LogP contribution < -0.4 is 0 Å². The second-order valence-electron chi connectivity index (χ2n) is 15.8. The third kappa shape index (κ3) is 6.58. The predicted octanol–water partition coefficient (Wildman–Crippen LogP) is 1.35. The van der Waals surface area contributed by atoms with Gasteiger partial charge in [0.2, 0.25) is 0 Å². The molecule has 7 N–H and O–H groups in total. The number of methoxy groups -OCH3 is 1. The van der Waals surface area contributed by atoms with E-state index >= 15 is 0 Å². The Morgan fingerprint density at radius 1 is 1.04 bits per heavy atom. The first kappa shape index (κ1) is 38.2. The molecule has 0 aromatic heterocycles. The Morgan fingerprint density at radius 2 is 1.73 bits per heavy atom. The molecule has 1 saturated heterocycles. The second kappa shape index (κ2) is 13.8. The van der Waals surface area contributed by atoms with Crippen molar-refractivity contribution in [3.8, 4) is 0 Å². The smallest absolute Gasteiger partial charge is 0.396 e. The lowest BCUT2D eigenvalue weighted by molar-refractivity contribution is -0.285. The van der Waals surface area contributed by atoms with Crippen LogP contribution in [0.2, 0.25) is 0 Å². The molecule has 0 aromatic carbocycles. The summed E-state index contributed by atoms with van der Waals surface area (Å²) in [4.78, 5) is 0. The zero-order valence-electron chi connectivity index (χ0n) is 28.8. The van der Waals surface area contributed by atoms with Crippen molar-refractivity contribution in [1.82, 2.24) is 0 Å². The van der Waals surface area contributed by atoms with Crippen LogP contribution in [0, 0.1) is 46.3 Å². The van der Waals surface area contributed by atoms with Crippen LogP contribution in [0.4, 0.5) is 0 Å². The summed E-state index contributed by atoms with van der Waals surface area (Å²) < 4.78 is 56.7. The first-order valence-electron chi connectivity index (χ1n) is 17.2. The summed E-state index contributed by atoms with van der Waals surface area (Å²) in [6.07, 6.45) is -1.10. The third-order valence-corrected chi connectivity index (χ3v) is 13.2. The van der Waals surface area contributed by atoms with Crippen LogP contribution in [0.3, 0.4) is 0 Å². The molecule has 0 bridgehead atoms. The van der Waals surface area contributed by atoms with E-state index in [1.807, 2.05) is 52.8 Å². The normalized spacial score (nSPS) is 47.7. The fraction of sp³-hybridized carbons (Fsp3) is 0.882. The highest BCUT2D eigenvalue weighted by atomic mass is 32.3. The van der Waals surface area contributed by atoms with Crippen molar-refractivity contribution < 1.29 is 62.0 Å². The highest BCUT2D eigenvalue weighted by Crippen LogP contribution is 2.69. The molecule has 1 heterocycles. The summed E-state index contributed by atoms with van der Waals surface area (Å²) in [6.45, 7) is 9.65. The summed E-state index contributed by atoms with van der Waals surface area (Å²) >= 11 is 0. The lowest BCUT2D eigenvalue weighted by Crippen LogP contribution is -2.66. The van der Waals surface area contributed by atoms with E-state index in [4.69, 9.17) is 18.4 Å². The van der Waals surface area contributed by atoms with E-state index in [-0.39, 0.29) is 37.4 Å². The molecule has 276 valence electrons. The lowest BCUT2D eigenvalue weighted by atomic mass is 9.43. The quantitative estimate of drug-likeness (QED) is 0.127. The van der Waals surface area contributed by atoms with Crippen LogP contribution in [0.1, 0.15) is 66.7 Å². The molecule has 14 heteroatoms. The molecular formula is C34H56O13S. The van der Waals surface area contributed by atoms with E-state index in [9.17, 15) is 43.6 Å². The van der Waals surface area contributed by atoms with Gasteiger partial charge in [-0.25, -0.2) is 4.18 Å². The first-order chi connectivity index (χ1) is 22.3. The molecule has 16 atom stereocenters. The van der Waals surface area contributed by atoms with E-state index in [1.165, 1.54) is 7.11 Å². The van der Waals surface area contributed by atoms with E-state index in [0.717, 1.165) is 0 Å². The molecule has 4 fully saturated rings. The van der Waals surface area contributed by atoms with Crippen LogP contribution in [0.15, 0.2) is 23.8 Å². The van der Waals surface area contributed by atoms with Crippen LogP contribution >= 0.6 is 0 Å². The van der Waals surface area contributed by atoms with Crippen molar-refractivity contribution in [2.24, 2.45) is 46.3 Å². The van der Waals surface area contributed by atoms with Crippen molar-refractivity contribution >= 4 is 10.4 Å². The summed E-state index contributed by atoms with van der Waals surface area (Å²) in [5.41, 5.74) is -2.54. The van der Waals surface area contributed by atoms with Gasteiger partial charge in [-0.1, -0.05) is 52.8 Å². The molecule has 3 saturated carbocycles. The fourth-order valence-corrected chi connectivity index (χ4v) is 11.0. The Balaban J connectivity index is 1.47. The molecule has 0 amide bonds. The van der Waals surface area contributed by atoms with Gasteiger partial charge < -0.3 is 44.8 Å². The predicted molar refractivity (Wildman–Crippen MR) is 172 cm³/mol. The van der Waals surface area contributed by atoms with E-state index in [1.54, 1.807) is 0 Å². The number of aliphatic hydroxyl groups is 6. The van der Waals surface area contributed by atoms with Gasteiger partial charge in [-0.3, -0.25) is 4.55 Å². The monoisotopic (exact) mass is 704 g/mol. The minimum Gasteiger partial charge on any atom is -0.396 e. The summed E-state index contributed by atoms with van der Waals surface area (Å²) in [7, 11) is -3.64. The molecule has 5 aliphatic rings. The topological polar surface area (TPSA) is 213 Å². The largest absolute Gasteiger partial charge is 0.397 e. The van der Waals surface area contributed by atoms with Gasteiger partial charge in [-0.05, 0) is 65.8 Å². The van der Waals surface area contributed by atoms with Crippen LogP contribution in [0.5, 0.6) is 0 Å². The number of allylic oxidation sites excluding steroid dienone is 1. The number of hydrogen-bond acceptors (Lipinski definition) is 12. The van der Waals surface area contributed by atoms with Gasteiger partial charge in [0.15, 0.2) is 6.29 Å². The number of ether oxygens (including phenoxy) is 3. The van der Waals surface area contributed by atoms with Crippen molar-refractivity contribution in [2.45, 2.75) is 121 Å². The molecule has 5 rings (SSSR count). The second-order valence-corrected chi connectivity index (χ2v) is 16.9. The van der Waals surface area contributed by atoms with Gasteiger partial charge in [0.1, 0.15) is 24.4 Å². The highest BCUT2D eigenvalue weighted by molar-refractivity contribution is 7.80. The van der Waals surface area contributed by atoms with E-state index in [2.05, 4.69) is 0 Å². The Kier molecular flexibility index (Phi) is 11.0. The fourth-order valence-electron chi connectivity index (χ4n) is 10.5. The zero-order chi connectivity index (χ0) is 35.6. The molecule has 0 unspecified atom stereocenters. The van der Waals surface area contributed by atoms with Gasteiger partial charge >= 0.3 is 10.4 Å². The minimum absolute atomic E-state index is 0.0478.